The van der Waals surface area contributed by atoms with E-state index in [2.05, 4.69) is 19.1 Å². The molecule has 0 aliphatic carbocycles. The molecule has 0 bridgehead atoms. The Bertz CT molecular complexity index is 1000. The quantitative estimate of drug-likeness (QED) is 0.696. The maximum Gasteiger partial charge on any atom is 0.243 e. The second-order valence-corrected chi connectivity index (χ2v) is 9.56. The third kappa shape index (κ3) is 4.87. The number of amides is 1. The average Bonchev–Trinajstić information content (AvgIpc) is 2.75. The average molecular weight is 437 g/mol. The van der Waals surface area contributed by atoms with Crippen LogP contribution in [0.2, 0.25) is 0 Å². The Kier molecular flexibility index (Phi) is 6.88. The summed E-state index contributed by atoms with van der Waals surface area (Å²) in [5.41, 5.74) is 2.28. The number of benzene rings is 2. The van der Waals surface area contributed by atoms with Crippen molar-refractivity contribution in [3.8, 4) is 0 Å². The predicted octanol–water partition coefficient (Wildman–Crippen LogP) is 3.59. The summed E-state index contributed by atoms with van der Waals surface area (Å²) in [6.45, 7) is 2.91. The van der Waals surface area contributed by atoms with Crippen molar-refractivity contribution in [2.24, 2.45) is 5.92 Å². The van der Waals surface area contributed by atoms with Crippen LogP contribution in [0.1, 0.15) is 30.9 Å². The van der Waals surface area contributed by atoms with Crippen molar-refractivity contribution in [2.75, 3.05) is 20.1 Å². The first-order chi connectivity index (χ1) is 14.2. The summed E-state index contributed by atoms with van der Waals surface area (Å²) in [4.78, 5) is 14.2. The highest BCUT2D eigenvalue weighted by molar-refractivity contribution is 7.89. The van der Waals surface area contributed by atoms with Crippen LogP contribution in [0.4, 0.5) is 8.78 Å². The molecule has 1 fully saturated rings. The Balaban J connectivity index is 1.59. The molecule has 30 heavy (non-hydrogen) atoms. The molecule has 3 rings (SSSR count). The monoisotopic (exact) mass is 436 g/mol. The fourth-order valence-electron chi connectivity index (χ4n) is 3.67. The third-order valence-electron chi connectivity index (χ3n) is 5.56. The molecule has 0 unspecified atom stereocenters. The molecule has 8 heteroatoms. The molecule has 0 atom stereocenters. The highest BCUT2D eigenvalue weighted by Crippen LogP contribution is 2.26. The Morgan fingerprint density at radius 3 is 2.20 bits per heavy atom. The number of piperidine rings is 1. The van der Waals surface area contributed by atoms with Crippen molar-refractivity contribution in [3.05, 3.63) is 65.2 Å². The third-order valence-corrected chi connectivity index (χ3v) is 7.45. The van der Waals surface area contributed by atoms with Crippen LogP contribution in [-0.2, 0) is 27.8 Å². The topological polar surface area (TPSA) is 57.7 Å². The number of halogens is 2. The van der Waals surface area contributed by atoms with Gasteiger partial charge in [-0.05, 0) is 48.6 Å². The summed E-state index contributed by atoms with van der Waals surface area (Å²) in [5, 5.41) is 0. The molecule has 5 nitrogen and oxygen atoms in total. The van der Waals surface area contributed by atoms with Crippen molar-refractivity contribution in [3.63, 3.8) is 0 Å². The minimum absolute atomic E-state index is 0.0144. The van der Waals surface area contributed by atoms with Gasteiger partial charge in [0, 0.05) is 32.6 Å². The number of nitrogens with zero attached hydrogens (tertiary/aromatic N) is 2. The summed E-state index contributed by atoms with van der Waals surface area (Å²) in [6.07, 6.45) is 1.74. The van der Waals surface area contributed by atoms with Crippen LogP contribution in [0.3, 0.4) is 0 Å². The van der Waals surface area contributed by atoms with Gasteiger partial charge in [-0.25, -0.2) is 17.2 Å². The molecular formula is C22H26F2N2O3S. The zero-order valence-electron chi connectivity index (χ0n) is 17.1. The van der Waals surface area contributed by atoms with Gasteiger partial charge in [0.2, 0.25) is 15.9 Å². The smallest absolute Gasteiger partial charge is 0.243 e. The highest BCUT2D eigenvalue weighted by Gasteiger charge is 2.33. The Hall–Kier alpha value is -2.32. The number of hydrogen-bond acceptors (Lipinski definition) is 3. The van der Waals surface area contributed by atoms with Gasteiger partial charge < -0.3 is 4.90 Å². The van der Waals surface area contributed by atoms with Crippen molar-refractivity contribution in [2.45, 2.75) is 37.6 Å². The lowest BCUT2D eigenvalue weighted by Crippen LogP contribution is -2.43. The van der Waals surface area contributed by atoms with Gasteiger partial charge in [0.25, 0.3) is 0 Å². The fourth-order valence-corrected chi connectivity index (χ4v) is 5.16. The van der Waals surface area contributed by atoms with Gasteiger partial charge in [0.15, 0.2) is 11.6 Å². The summed E-state index contributed by atoms with van der Waals surface area (Å²) in [5.74, 6) is -2.57. The number of rotatable bonds is 6. The summed E-state index contributed by atoms with van der Waals surface area (Å²) in [7, 11) is -2.17. The Morgan fingerprint density at radius 2 is 1.63 bits per heavy atom. The van der Waals surface area contributed by atoms with Crippen LogP contribution in [0.25, 0.3) is 0 Å². The van der Waals surface area contributed by atoms with Gasteiger partial charge in [-0.3, -0.25) is 4.79 Å². The molecule has 2 aromatic carbocycles. The number of carbonyl (C=O) groups is 1. The lowest BCUT2D eigenvalue weighted by molar-refractivity contribution is -0.135. The maximum absolute atomic E-state index is 13.4. The SMILES string of the molecule is CCc1ccc(CN(C)C(=O)C2CCN(S(=O)(=O)c3ccc(F)c(F)c3)CC2)cc1. The van der Waals surface area contributed by atoms with Crippen molar-refractivity contribution < 1.29 is 22.0 Å². The van der Waals surface area contributed by atoms with Gasteiger partial charge in [0.1, 0.15) is 0 Å². The minimum Gasteiger partial charge on any atom is -0.341 e. The summed E-state index contributed by atoms with van der Waals surface area (Å²) < 4.78 is 53.2. The van der Waals surface area contributed by atoms with E-state index >= 15 is 0 Å². The van der Waals surface area contributed by atoms with Crippen LogP contribution in [0, 0.1) is 17.6 Å². The molecule has 1 amide bonds. The Morgan fingerprint density at radius 1 is 1.03 bits per heavy atom. The molecule has 0 saturated carbocycles. The van der Waals surface area contributed by atoms with Crippen LogP contribution in [-0.4, -0.2) is 43.7 Å². The highest BCUT2D eigenvalue weighted by atomic mass is 32.2. The van der Waals surface area contributed by atoms with Crippen molar-refractivity contribution in [1.82, 2.24) is 9.21 Å². The molecule has 0 N–H and O–H groups in total. The van der Waals surface area contributed by atoms with Gasteiger partial charge in [-0.2, -0.15) is 4.31 Å². The number of aryl methyl sites for hydroxylation is 1. The molecule has 0 aromatic heterocycles. The molecule has 162 valence electrons. The van der Waals surface area contributed by atoms with Crippen LogP contribution in [0.15, 0.2) is 47.4 Å². The van der Waals surface area contributed by atoms with Crippen molar-refractivity contribution >= 4 is 15.9 Å². The van der Waals surface area contributed by atoms with Gasteiger partial charge >= 0.3 is 0 Å². The molecule has 0 spiro atoms. The van der Waals surface area contributed by atoms with E-state index in [9.17, 15) is 22.0 Å². The minimum atomic E-state index is -3.92. The molecule has 0 radical (unpaired) electrons. The van der Waals surface area contributed by atoms with Gasteiger partial charge in [-0.15, -0.1) is 0 Å². The van der Waals surface area contributed by atoms with E-state index < -0.39 is 21.7 Å². The summed E-state index contributed by atoms with van der Waals surface area (Å²) in [6, 6.07) is 10.7. The van der Waals surface area contributed by atoms with E-state index in [0.717, 1.165) is 24.1 Å². The van der Waals surface area contributed by atoms with E-state index in [0.29, 0.717) is 25.5 Å². The zero-order chi connectivity index (χ0) is 21.9. The fraction of sp³-hybridized carbons (Fsp3) is 0.409. The van der Waals surface area contributed by atoms with E-state index in [1.807, 2.05) is 12.1 Å². The number of carbonyl (C=O) groups excluding carboxylic acids is 1. The predicted molar refractivity (Wildman–Crippen MR) is 110 cm³/mol. The lowest BCUT2D eigenvalue weighted by atomic mass is 9.96. The van der Waals surface area contributed by atoms with E-state index in [4.69, 9.17) is 0 Å². The molecule has 1 aliphatic heterocycles. The zero-order valence-corrected chi connectivity index (χ0v) is 18.0. The largest absolute Gasteiger partial charge is 0.341 e. The van der Waals surface area contributed by atoms with Crippen LogP contribution < -0.4 is 0 Å². The van der Waals surface area contributed by atoms with Crippen LogP contribution >= 0.6 is 0 Å². The molecule has 1 saturated heterocycles. The Labute approximate surface area is 176 Å². The number of sulfonamides is 1. The second kappa shape index (κ2) is 9.22. The van der Waals surface area contributed by atoms with E-state index in [1.165, 1.54) is 9.87 Å². The molecule has 2 aromatic rings. The first-order valence-corrected chi connectivity index (χ1v) is 11.4. The van der Waals surface area contributed by atoms with E-state index in [-0.39, 0.29) is 29.8 Å². The van der Waals surface area contributed by atoms with Gasteiger partial charge in [-0.1, -0.05) is 31.2 Å². The van der Waals surface area contributed by atoms with Crippen LogP contribution in [0.5, 0.6) is 0 Å². The second-order valence-electron chi connectivity index (χ2n) is 7.62. The molecule has 1 heterocycles. The first kappa shape index (κ1) is 22.4. The lowest BCUT2D eigenvalue weighted by Gasteiger charge is -2.32. The first-order valence-electron chi connectivity index (χ1n) is 10.0. The molecular weight excluding hydrogens is 410 g/mol. The van der Waals surface area contributed by atoms with Gasteiger partial charge in [0.05, 0.1) is 4.90 Å². The van der Waals surface area contributed by atoms with E-state index in [1.54, 1.807) is 11.9 Å². The number of hydrogen-bond donors (Lipinski definition) is 0. The van der Waals surface area contributed by atoms with Crippen molar-refractivity contribution in [1.29, 1.82) is 0 Å². The molecule has 1 aliphatic rings. The summed E-state index contributed by atoms with van der Waals surface area (Å²) >= 11 is 0. The standard InChI is InChI=1S/C22H26F2N2O3S/c1-3-16-4-6-17(7-5-16)15-25(2)22(27)18-10-12-26(13-11-18)30(28,29)19-8-9-20(23)21(24)14-19/h4-9,14,18H,3,10-13,15H2,1-2H3. The maximum atomic E-state index is 13.4. The normalized spacial score (nSPS) is 15.9.